The molecule has 0 saturated heterocycles. The zero-order valence-corrected chi connectivity index (χ0v) is 17.2. The number of nitrogens with zero attached hydrogens (tertiary/aromatic N) is 2. The maximum absolute atomic E-state index is 12.9. The van der Waals surface area contributed by atoms with Gasteiger partial charge in [-0.25, -0.2) is 4.98 Å². The molecule has 0 fully saturated rings. The maximum atomic E-state index is 12.9. The largest absolute Gasteiger partial charge is 0.349 e. The van der Waals surface area contributed by atoms with E-state index in [0.717, 1.165) is 37.2 Å². The van der Waals surface area contributed by atoms with Crippen molar-refractivity contribution in [2.24, 2.45) is 5.92 Å². The number of hydrogen-bond acceptors (Lipinski definition) is 3. The first-order valence-corrected chi connectivity index (χ1v) is 10.2. The molecule has 28 heavy (non-hydrogen) atoms. The molecule has 2 heterocycles. The molecule has 0 spiro atoms. The summed E-state index contributed by atoms with van der Waals surface area (Å²) < 4.78 is 1.91. The molecular weight excluding hydrogens is 352 g/mol. The second kappa shape index (κ2) is 8.59. The summed E-state index contributed by atoms with van der Waals surface area (Å²) in [5, 5.41) is 5.84. The lowest BCUT2D eigenvalue weighted by molar-refractivity contribution is 0.0933. The van der Waals surface area contributed by atoms with Crippen LogP contribution in [0.5, 0.6) is 0 Å². The molecule has 1 aliphatic rings. The van der Waals surface area contributed by atoms with E-state index in [2.05, 4.69) is 29.5 Å². The van der Waals surface area contributed by atoms with Crippen molar-refractivity contribution >= 4 is 17.5 Å². The van der Waals surface area contributed by atoms with Gasteiger partial charge in [0.2, 0.25) is 0 Å². The first-order valence-electron chi connectivity index (χ1n) is 10.2. The zero-order chi connectivity index (χ0) is 20.3. The molecule has 0 bridgehead atoms. The zero-order valence-electron chi connectivity index (χ0n) is 17.2. The Morgan fingerprint density at radius 2 is 1.79 bits per heavy atom. The highest BCUT2D eigenvalue weighted by molar-refractivity contribution is 6.05. The minimum atomic E-state index is -0.258. The van der Waals surface area contributed by atoms with E-state index in [-0.39, 0.29) is 11.8 Å². The topological polar surface area (TPSA) is 76.0 Å². The average Bonchev–Trinajstić information content (AvgIpc) is 3.06. The van der Waals surface area contributed by atoms with Gasteiger partial charge in [0.05, 0.1) is 5.69 Å². The van der Waals surface area contributed by atoms with Crippen LogP contribution in [0.25, 0.3) is 0 Å². The number of imidazole rings is 1. The first-order chi connectivity index (χ1) is 13.4. The Morgan fingerprint density at radius 1 is 1.07 bits per heavy atom. The van der Waals surface area contributed by atoms with E-state index >= 15 is 0 Å². The molecule has 3 rings (SSSR count). The smallest absolute Gasteiger partial charge is 0.287 e. The molecule has 6 heteroatoms. The summed E-state index contributed by atoms with van der Waals surface area (Å²) in [6.07, 6.45) is 2.76. The van der Waals surface area contributed by atoms with Gasteiger partial charge in [-0.15, -0.1) is 0 Å². The number of nitrogens with one attached hydrogen (secondary N) is 2. The number of carbonyl (C=O) groups is 2. The minimum absolute atomic E-state index is 0.211. The molecule has 0 saturated carbocycles. The molecule has 6 nitrogen and oxygen atoms in total. The molecule has 2 N–H and O–H groups in total. The van der Waals surface area contributed by atoms with Crippen LogP contribution in [0.4, 0.5) is 5.69 Å². The predicted molar refractivity (Wildman–Crippen MR) is 111 cm³/mol. The predicted octanol–water partition coefficient (Wildman–Crippen LogP) is 3.98. The molecule has 150 valence electrons. The molecule has 1 aliphatic heterocycles. The summed E-state index contributed by atoms with van der Waals surface area (Å²) in [5.41, 5.74) is 3.18. The third-order valence-corrected chi connectivity index (χ3v) is 5.04. The van der Waals surface area contributed by atoms with Gasteiger partial charge < -0.3 is 15.2 Å². The SMILES string of the molecule is CC(C)CNC(=O)c1nc(C(=O)Nc2ccc(C(C)C)cc2)c2n1CCCC2. The van der Waals surface area contributed by atoms with E-state index in [0.29, 0.717) is 29.9 Å². The van der Waals surface area contributed by atoms with Crippen molar-refractivity contribution in [2.75, 3.05) is 11.9 Å². The van der Waals surface area contributed by atoms with Crippen LogP contribution < -0.4 is 10.6 Å². The Kier molecular flexibility index (Phi) is 6.17. The van der Waals surface area contributed by atoms with Gasteiger partial charge >= 0.3 is 0 Å². The standard InChI is InChI=1S/C22H30N4O2/c1-14(2)13-23-22(28)20-25-19(18-7-5-6-12-26(18)20)21(27)24-17-10-8-16(9-11-17)15(3)4/h8-11,14-15H,5-7,12-13H2,1-4H3,(H,23,28)(H,24,27). The number of anilines is 1. The van der Waals surface area contributed by atoms with Crippen molar-refractivity contribution in [3.8, 4) is 0 Å². The molecule has 1 aromatic heterocycles. The van der Waals surface area contributed by atoms with Crippen LogP contribution in [0.2, 0.25) is 0 Å². The third kappa shape index (κ3) is 4.43. The molecule has 0 atom stereocenters. The van der Waals surface area contributed by atoms with Crippen molar-refractivity contribution in [2.45, 2.75) is 59.4 Å². The summed E-state index contributed by atoms with van der Waals surface area (Å²) in [5.74, 6) is 0.673. The van der Waals surface area contributed by atoms with Gasteiger partial charge in [-0.2, -0.15) is 0 Å². The molecule has 1 aromatic carbocycles. The fourth-order valence-corrected chi connectivity index (χ4v) is 3.42. The maximum Gasteiger partial charge on any atom is 0.287 e. The summed E-state index contributed by atoms with van der Waals surface area (Å²) in [6, 6.07) is 7.86. The Morgan fingerprint density at radius 3 is 2.43 bits per heavy atom. The van der Waals surface area contributed by atoms with E-state index in [1.165, 1.54) is 5.56 Å². The van der Waals surface area contributed by atoms with Crippen LogP contribution in [-0.2, 0) is 13.0 Å². The van der Waals surface area contributed by atoms with Gasteiger partial charge in [-0.3, -0.25) is 9.59 Å². The number of rotatable bonds is 6. The molecule has 2 aromatic rings. The number of aromatic nitrogens is 2. The van der Waals surface area contributed by atoms with Crippen LogP contribution in [0.1, 0.15) is 78.8 Å². The fourth-order valence-electron chi connectivity index (χ4n) is 3.42. The molecule has 2 amide bonds. The number of fused-ring (bicyclic) bond motifs is 1. The lowest BCUT2D eigenvalue weighted by Gasteiger charge is -2.17. The quantitative estimate of drug-likeness (QED) is 0.793. The van der Waals surface area contributed by atoms with Crippen LogP contribution in [0.3, 0.4) is 0 Å². The van der Waals surface area contributed by atoms with Crippen molar-refractivity contribution in [1.82, 2.24) is 14.9 Å². The fraction of sp³-hybridized carbons (Fsp3) is 0.500. The van der Waals surface area contributed by atoms with Gasteiger partial charge in [0.25, 0.3) is 11.8 Å². The minimum Gasteiger partial charge on any atom is -0.349 e. The Hall–Kier alpha value is -2.63. The highest BCUT2D eigenvalue weighted by Crippen LogP contribution is 2.23. The highest BCUT2D eigenvalue weighted by atomic mass is 16.2. The lowest BCUT2D eigenvalue weighted by atomic mass is 10.0. The Labute approximate surface area is 166 Å². The normalized spacial score (nSPS) is 13.5. The van der Waals surface area contributed by atoms with E-state index < -0.39 is 0 Å². The third-order valence-electron chi connectivity index (χ3n) is 5.04. The number of benzene rings is 1. The summed E-state index contributed by atoms with van der Waals surface area (Å²) in [7, 11) is 0. The summed E-state index contributed by atoms with van der Waals surface area (Å²) >= 11 is 0. The lowest BCUT2D eigenvalue weighted by Crippen LogP contribution is -2.30. The average molecular weight is 383 g/mol. The van der Waals surface area contributed by atoms with E-state index in [1.54, 1.807) is 0 Å². The van der Waals surface area contributed by atoms with E-state index in [1.807, 2.05) is 42.7 Å². The molecule has 0 unspecified atom stereocenters. The monoisotopic (exact) mass is 382 g/mol. The van der Waals surface area contributed by atoms with Gasteiger partial charge in [-0.05, 0) is 48.8 Å². The first kappa shape index (κ1) is 20.1. The molecule has 0 aliphatic carbocycles. The van der Waals surface area contributed by atoms with Crippen molar-refractivity contribution in [3.05, 3.63) is 47.0 Å². The molecular formula is C22H30N4O2. The highest BCUT2D eigenvalue weighted by Gasteiger charge is 2.27. The number of amides is 2. The second-order valence-electron chi connectivity index (χ2n) is 8.17. The van der Waals surface area contributed by atoms with E-state index in [4.69, 9.17) is 0 Å². The van der Waals surface area contributed by atoms with Crippen molar-refractivity contribution in [1.29, 1.82) is 0 Å². The van der Waals surface area contributed by atoms with Gasteiger partial charge in [0.15, 0.2) is 11.5 Å². The van der Waals surface area contributed by atoms with Crippen LogP contribution in [0, 0.1) is 5.92 Å². The summed E-state index contributed by atoms with van der Waals surface area (Å²) in [4.78, 5) is 29.9. The van der Waals surface area contributed by atoms with E-state index in [9.17, 15) is 9.59 Å². The van der Waals surface area contributed by atoms with Crippen LogP contribution >= 0.6 is 0 Å². The van der Waals surface area contributed by atoms with Crippen molar-refractivity contribution < 1.29 is 9.59 Å². The van der Waals surface area contributed by atoms with Crippen LogP contribution in [-0.4, -0.2) is 27.9 Å². The van der Waals surface area contributed by atoms with Crippen molar-refractivity contribution in [3.63, 3.8) is 0 Å². The van der Waals surface area contributed by atoms with Crippen LogP contribution in [0.15, 0.2) is 24.3 Å². The molecule has 0 radical (unpaired) electrons. The summed E-state index contributed by atoms with van der Waals surface area (Å²) in [6.45, 7) is 9.68. The van der Waals surface area contributed by atoms with Gasteiger partial charge in [0, 0.05) is 18.8 Å². The van der Waals surface area contributed by atoms with Gasteiger partial charge in [0.1, 0.15) is 0 Å². The Bertz CT molecular complexity index is 850. The number of carbonyl (C=O) groups excluding carboxylic acids is 2. The second-order valence-corrected chi connectivity index (χ2v) is 8.17. The van der Waals surface area contributed by atoms with Gasteiger partial charge in [-0.1, -0.05) is 39.8 Å². The Balaban J connectivity index is 1.82. The number of hydrogen-bond donors (Lipinski definition) is 2.